The zero-order chi connectivity index (χ0) is 19.1. The molecule has 0 aromatic heterocycles. The fourth-order valence-electron chi connectivity index (χ4n) is 4.71. The summed E-state index contributed by atoms with van der Waals surface area (Å²) in [6, 6.07) is 13.3. The first-order valence-electron chi connectivity index (χ1n) is 10.3. The van der Waals surface area contributed by atoms with Gasteiger partial charge in [0.2, 0.25) is 0 Å². The fourth-order valence-corrected chi connectivity index (χ4v) is 4.71. The summed E-state index contributed by atoms with van der Waals surface area (Å²) < 4.78 is 11.3. The van der Waals surface area contributed by atoms with E-state index in [9.17, 15) is 5.11 Å². The van der Waals surface area contributed by atoms with Gasteiger partial charge in [-0.1, -0.05) is 6.07 Å². The highest BCUT2D eigenvalue weighted by molar-refractivity contribution is 6.10. The molecule has 0 bridgehead atoms. The number of likely N-dealkylation sites (tertiary alicyclic amines) is 1. The van der Waals surface area contributed by atoms with Crippen LogP contribution in [0, 0.1) is 5.92 Å². The van der Waals surface area contributed by atoms with Gasteiger partial charge < -0.3 is 14.6 Å². The number of piperidine rings is 1. The molecule has 0 radical (unpaired) electrons. The van der Waals surface area contributed by atoms with E-state index in [2.05, 4.69) is 41.3 Å². The number of hydrogen-bond donors (Lipinski definition) is 1. The summed E-state index contributed by atoms with van der Waals surface area (Å²) in [7, 11) is 1.72. The maximum absolute atomic E-state index is 9.41. The van der Waals surface area contributed by atoms with Gasteiger partial charge in [0.05, 0.1) is 13.7 Å². The summed E-state index contributed by atoms with van der Waals surface area (Å²) >= 11 is 0. The molecule has 2 aliphatic rings. The van der Waals surface area contributed by atoms with Crippen LogP contribution in [0.15, 0.2) is 36.4 Å². The highest BCUT2D eigenvalue weighted by Crippen LogP contribution is 2.37. The van der Waals surface area contributed by atoms with Gasteiger partial charge in [0.15, 0.2) is 0 Å². The first kappa shape index (κ1) is 17.8. The molecule has 1 fully saturated rings. The average Bonchev–Trinajstić information content (AvgIpc) is 3.20. The Morgan fingerprint density at radius 1 is 1.07 bits per heavy atom. The third-order valence-electron chi connectivity index (χ3n) is 6.41. The van der Waals surface area contributed by atoms with Crippen molar-refractivity contribution in [2.45, 2.75) is 25.8 Å². The van der Waals surface area contributed by atoms with Crippen LogP contribution in [0.25, 0.3) is 21.5 Å². The SMILES string of the molecule is COc1ccc2c(CN3CCC(CO)CC3)cc3cc4c(cc3c2c1)OCC4. The monoisotopic (exact) mass is 377 g/mol. The van der Waals surface area contributed by atoms with Crippen LogP contribution in [-0.2, 0) is 13.0 Å². The van der Waals surface area contributed by atoms with Crippen LogP contribution in [0.3, 0.4) is 0 Å². The zero-order valence-electron chi connectivity index (χ0n) is 16.4. The number of benzene rings is 3. The number of nitrogens with zero attached hydrogens (tertiary/aromatic N) is 1. The molecule has 3 aromatic carbocycles. The summed E-state index contributed by atoms with van der Waals surface area (Å²) in [6.07, 6.45) is 3.16. The van der Waals surface area contributed by atoms with Crippen molar-refractivity contribution in [1.82, 2.24) is 4.90 Å². The first-order valence-corrected chi connectivity index (χ1v) is 10.3. The van der Waals surface area contributed by atoms with Gasteiger partial charge >= 0.3 is 0 Å². The number of rotatable bonds is 4. The molecule has 0 saturated carbocycles. The minimum atomic E-state index is 0.319. The lowest BCUT2D eigenvalue weighted by molar-refractivity contribution is 0.127. The van der Waals surface area contributed by atoms with Gasteiger partial charge in [-0.05, 0) is 94.9 Å². The van der Waals surface area contributed by atoms with E-state index in [1.54, 1.807) is 7.11 Å². The van der Waals surface area contributed by atoms with E-state index in [0.717, 1.165) is 57.0 Å². The second kappa shape index (κ2) is 7.26. The maximum Gasteiger partial charge on any atom is 0.123 e. The van der Waals surface area contributed by atoms with E-state index >= 15 is 0 Å². The third-order valence-corrected chi connectivity index (χ3v) is 6.41. The predicted molar refractivity (Wildman–Crippen MR) is 112 cm³/mol. The lowest BCUT2D eigenvalue weighted by atomic mass is 9.93. The Hall–Kier alpha value is -2.30. The molecular weight excluding hydrogens is 350 g/mol. The Morgan fingerprint density at radius 2 is 1.93 bits per heavy atom. The summed E-state index contributed by atoms with van der Waals surface area (Å²) in [5.74, 6) is 2.38. The normalized spacial score (nSPS) is 17.8. The van der Waals surface area contributed by atoms with Gasteiger partial charge in [0, 0.05) is 19.6 Å². The number of aliphatic hydroxyl groups is 1. The van der Waals surface area contributed by atoms with Gasteiger partial charge in [-0.15, -0.1) is 0 Å². The standard InChI is InChI=1S/C24H27NO3/c1-27-20-2-3-21-19(14-25-7-4-16(15-26)5-8-25)11-18-10-17-6-9-28-24(17)13-22(18)23(21)12-20/h2-3,10-13,16,26H,4-9,14-15H2,1H3. The second-order valence-corrected chi connectivity index (χ2v) is 8.13. The summed E-state index contributed by atoms with van der Waals surface area (Å²) in [4.78, 5) is 2.52. The molecule has 0 aliphatic carbocycles. The van der Waals surface area contributed by atoms with Crippen molar-refractivity contribution >= 4 is 21.5 Å². The lowest BCUT2D eigenvalue weighted by Gasteiger charge is -2.31. The van der Waals surface area contributed by atoms with Crippen molar-refractivity contribution < 1.29 is 14.6 Å². The van der Waals surface area contributed by atoms with Crippen LogP contribution in [0.4, 0.5) is 0 Å². The zero-order valence-corrected chi connectivity index (χ0v) is 16.4. The van der Waals surface area contributed by atoms with E-state index in [-0.39, 0.29) is 0 Å². The van der Waals surface area contributed by atoms with Crippen molar-refractivity contribution in [3.05, 3.63) is 47.5 Å². The van der Waals surface area contributed by atoms with Crippen molar-refractivity contribution in [3.8, 4) is 11.5 Å². The molecule has 28 heavy (non-hydrogen) atoms. The lowest BCUT2D eigenvalue weighted by Crippen LogP contribution is -2.34. The molecule has 4 heteroatoms. The number of hydrogen-bond acceptors (Lipinski definition) is 4. The second-order valence-electron chi connectivity index (χ2n) is 8.13. The van der Waals surface area contributed by atoms with E-state index in [1.807, 2.05) is 0 Å². The molecule has 5 rings (SSSR count). The number of methoxy groups -OCH3 is 1. The molecular formula is C24H27NO3. The van der Waals surface area contributed by atoms with Crippen molar-refractivity contribution in [3.63, 3.8) is 0 Å². The molecule has 3 aromatic rings. The topological polar surface area (TPSA) is 41.9 Å². The summed E-state index contributed by atoms with van der Waals surface area (Å²) in [6.45, 7) is 4.15. The molecule has 1 saturated heterocycles. The number of ether oxygens (including phenoxy) is 2. The Labute approximate surface area is 165 Å². The highest BCUT2D eigenvalue weighted by atomic mass is 16.5. The van der Waals surface area contributed by atoms with Crippen LogP contribution in [-0.4, -0.2) is 43.4 Å². The Morgan fingerprint density at radius 3 is 2.71 bits per heavy atom. The molecule has 0 atom stereocenters. The Kier molecular flexibility index (Phi) is 4.61. The third kappa shape index (κ3) is 3.11. The van der Waals surface area contributed by atoms with Crippen LogP contribution in [0.1, 0.15) is 24.0 Å². The molecule has 1 N–H and O–H groups in total. The van der Waals surface area contributed by atoms with Crippen molar-refractivity contribution in [1.29, 1.82) is 0 Å². The van der Waals surface area contributed by atoms with E-state index in [1.165, 1.54) is 32.7 Å². The predicted octanol–water partition coefficient (Wildman–Crippen LogP) is 4.14. The molecule has 0 amide bonds. The molecule has 4 nitrogen and oxygen atoms in total. The van der Waals surface area contributed by atoms with Crippen LogP contribution in [0.5, 0.6) is 11.5 Å². The highest BCUT2D eigenvalue weighted by Gasteiger charge is 2.20. The van der Waals surface area contributed by atoms with Gasteiger partial charge in [-0.25, -0.2) is 0 Å². The minimum Gasteiger partial charge on any atom is -0.497 e. The largest absolute Gasteiger partial charge is 0.497 e. The van der Waals surface area contributed by atoms with Crippen LogP contribution >= 0.6 is 0 Å². The number of fused-ring (bicyclic) bond motifs is 4. The molecule has 0 unspecified atom stereocenters. The fraction of sp³-hybridized carbons (Fsp3) is 0.417. The molecule has 2 aliphatic heterocycles. The van der Waals surface area contributed by atoms with Crippen LogP contribution < -0.4 is 9.47 Å². The minimum absolute atomic E-state index is 0.319. The van der Waals surface area contributed by atoms with Gasteiger partial charge in [-0.3, -0.25) is 4.90 Å². The van der Waals surface area contributed by atoms with E-state index in [4.69, 9.17) is 9.47 Å². The quantitative estimate of drug-likeness (QED) is 0.694. The van der Waals surface area contributed by atoms with E-state index in [0.29, 0.717) is 12.5 Å². The molecule has 2 heterocycles. The molecule has 0 spiro atoms. The first-order chi connectivity index (χ1) is 13.7. The number of aliphatic hydroxyl groups excluding tert-OH is 1. The van der Waals surface area contributed by atoms with E-state index < -0.39 is 0 Å². The summed E-state index contributed by atoms with van der Waals surface area (Å²) in [5, 5.41) is 14.4. The maximum atomic E-state index is 9.41. The van der Waals surface area contributed by atoms with Crippen molar-refractivity contribution in [2.75, 3.05) is 33.4 Å². The Bertz CT molecular complexity index is 1020. The van der Waals surface area contributed by atoms with Crippen LogP contribution in [0.2, 0.25) is 0 Å². The average molecular weight is 377 g/mol. The molecule has 146 valence electrons. The van der Waals surface area contributed by atoms with Gasteiger partial charge in [-0.2, -0.15) is 0 Å². The smallest absolute Gasteiger partial charge is 0.123 e. The van der Waals surface area contributed by atoms with Crippen molar-refractivity contribution in [2.24, 2.45) is 5.92 Å². The van der Waals surface area contributed by atoms with Gasteiger partial charge in [0.25, 0.3) is 0 Å². The summed E-state index contributed by atoms with van der Waals surface area (Å²) in [5.41, 5.74) is 2.68. The van der Waals surface area contributed by atoms with Gasteiger partial charge in [0.1, 0.15) is 11.5 Å². The Balaban J connectivity index is 1.60.